The van der Waals surface area contributed by atoms with E-state index in [9.17, 15) is 4.79 Å². The number of carbonyl (C=O) groups is 1. The van der Waals surface area contributed by atoms with Gasteiger partial charge in [0.2, 0.25) is 5.91 Å². The van der Waals surface area contributed by atoms with Gasteiger partial charge in [0.05, 0.1) is 0 Å². The molecule has 0 aromatic carbocycles. The van der Waals surface area contributed by atoms with E-state index in [1.807, 2.05) is 0 Å². The topological polar surface area (TPSA) is 55.1 Å². The highest BCUT2D eigenvalue weighted by molar-refractivity contribution is 5.83. The summed E-state index contributed by atoms with van der Waals surface area (Å²) in [6, 6.07) is 0.517. The number of amides is 1. The van der Waals surface area contributed by atoms with Gasteiger partial charge in [-0.3, -0.25) is 4.79 Å². The first-order valence-electron chi connectivity index (χ1n) is 7.21. The highest BCUT2D eigenvalue weighted by atomic mass is 16.2. The van der Waals surface area contributed by atoms with Crippen LogP contribution in [0.4, 0.5) is 0 Å². The fourth-order valence-electron chi connectivity index (χ4n) is 5.09. The minimum atomic E-state index is 0.0110. The average Bonchev–Trinajstić information content (AvgIpc) is 2.92. The quantitative estimate of drug-likeness (QED) is 0.759. The highest BCUT2D eigenvalue weighted by Gasteiger charge is 2.55. The minimum Gasteiger partial charge on any atom is -0.351 e. The number of hydrogen-bond donors (Lipinski definition) is 2. The molecule has 5 fully saturated rings. The van der Waals surface area contributed by atoms with Crippen LogP contribution in [-0.4, -0.2) is 18.0 Å². The van der Waals surface area contributed by atoms with E-state index in [4.69, 9.17) is 5.73 Å². The summed E-state index contributed by atoms with van der Waals surface area (Å²) in [7, 11) is 0. The van der Waals surface area contributed by atoms with Crippen LogP contribution in [0.2, 0.25) is 0 Å². The van der Waals surface area contributed by atoms with Crippen LogP contribution < -0.4 is 11.1 Å². The molecule has 5 aliphatic carbocycles. The average molecular weight is 234 g/mol. The fraction of sp³-hybridized carbons (Fsp3) is 0.929. The fourth-order valence-corrected chi connectivity index (χ4v) is 5.09. The van der Waals surface area contributed by atoms with E-state index in [1.54, 1.807) is 0 Å². The van der Waals surface area contributed by atoms with Crippen LogP contribution in [0.25, 0.3) is 0 Å². The third-order valence-electron chi connectivity index (χ3n) is 5.68. The number of nitrogens with one attached hydrogen (secondary N) is 1. The molecule has 4 bridgehead atoms. The molecule has 3 nitrogen and oxygen atoms in total. The summed E-state index contributed by atoms with van der Waals surface area (Å²) in [6.45, 7) is 0. The Morgan fingerprint density at radius 2 is 1.47 bits per heavy atom. The zero-order valence-electron chi connectivity index (χ0n) is 10.3. The van der Waals surface area contributed by atoms with Crippen LogP contribution in [0.3, 0.4) is 0 Å². The SMILES string of the molecule is NC1CC1NC(=O)C12CC3CC(CC(C3)C1)C2. The Balaban J connectivity index is 1.53. The Morgan fingerprint density at radius 3 is 1.88 bits per heavy atom. The molecule has 94 valence electrons. The molecule has 0 aromatic rings. The first-order chi connectivity index (χ1) is 8.14. The predicted octanol–water partition coefficient (Wildman–Crippen LogP) is 1.42. The normalized spacial score (nSPS) is 54.8. The van der Waals surface area contributed by atoms with Crippen LogP contribution in [-0.2, 0) is 4.79 Å². The van der Waals surface area contributed by atoms with Crippen molar-refractivity contribution in [2.24, 2.45) is 28.9 Å². The van der Waals surface area contributed by atoms with Gasteiger partial charge < -0.3 is 11.1 Å². The van der Waals surface area contributed by atoms with Gasteiger partial charge in [-0.25, -0.2) is 0 Å². The van der Waals surface area contributed by atoms with Crippen LogP contribution in [0.5, 0.6) is 0 Å². The van der Waals surface area contributed by atoms with Gasteiger partial charge >= 0.3 is 0 Å². The van der Waals surface area contributed by atoms with E-state index in [-0.39, 0.29) is 17.5 Å². The molecule has 0 radical (unpaired) electrons. The van der Waals surface area contributed by atoms with Crippen LogP contribution in [0.15, 0.2) is 0 Å². The molecule has 0 saturated heterocycles. The first kappa shape index (κ1) is 10.4. The van der Waals surface area contributed by atoms with Crippen molar-refractivity contribution in [2.45, 2.75) is 57.0 Å². The summed E-state index contributed by atoms with van der Waals surface area (Å²) in [5.41, 5.74) is 5.80. The van der Waals surface area contributed by atoms with E-state index >= 15 is 0 Å². The van der Waals surface area contributed by atoms with Crippen molar-refractivity contribution in [3.05, 3.63) is 0 Å². The van der Waals surface area contributed by atoms with Gasteiger partial charge in [0.15, 0.2) is 0 Å². The lowest BCUT2D eigenvalue weighted by Gasteiger charge is -2.55. The maximum absolute atomic E-state index is 12.5. The second-order valence-electron chi connectivity index (χ2n) is 7.18. The van der Waals surface area contributed by atoms with Crippen molar-refractivity contribution >= 4 is 5.91 Å². The van der Waals surface area contributed by atoms with Crippen molar-refractivity contribution in [3.63, 3.8) is 0 Å². The molecule has 1 amide bonds. The summed E-state index contributed by atoms with van der Waals surface area (Å²) in [5, 5.41) is 3.20. The molecular weight excluding hydrogens is 212 g/mol. The van der Waals surface area contributed by atoms with Gasteiger partial charge in [0, 0.05) is 17.5 Å². The molecule has 5 rings (SSSR count). The van der Waals surface area contributed by atoms with Crippen molar-refractivity contribution < 1.29 is 4.79 Å². The smallest absolute Gasteiger partial charge is 0.226 e. The Morgan fingerprint density at radius 1 is 1.00 bits per heavy atom. The van der Waals surface area contributed by atoms with Crippen molar-refractivity contribution in [1.82, 2.24) is 5.32 Å². The molecule has 17 heavy (non-hydrogen) atoms. The first-order valence-corrected chi connectivity index (χ1v) is 7.21. The number of rotatable bonds is 2. The zero-order valence-corrected chi connectivity index (χ0v) is 10.3. The van der Waals surface area contributed by atoms with Gasteiger partial charge in [-0.05, 0) is 62.7 Å². The van der Waals surface area contributed by atoms with Crippen molar-refractivity contribution in [3.8, 4) is 0 Å². The summed E-state index contributed by atoms with van der Waals surface area (Å²) in [5.74, 6) is 2.88. The molecule has 3 heteroatoms. The summed E-state index contributed by atoms with van der Waals surface area (Å²) < 4.78 is 0. The van der Waals surface area contributed by atoms with E-state index < -0.39 is 0 Å². The Hall–Kier alpha value is -0.570. The molecule has 0 spiro atoms. The number of nitrogens with two attached hydrogens (primary N) is 1. The maximum atomic E-state index is 12.5. The largest absolute Gasteiger partial charge is 0.351 e. The molecule has 5 saturated carbocycles. The summed E-state index contributed by atoms with van der Waals surface area (Å²) in [4.78, 5) is 12.5. The van der Waals surface area contributed by atoms with Crippen molar-refractivity contribution in [1.29, 1.82) is 0 Å². The lowest BCUT2D eigenvalue weighted by atomic mass is 9.49. The number of carbonyl (C=O) groups excluding carboxylic acids is 1. The van der Waals surface area contributed by atoms with Crippen molar-refractivity contribution in [2.75, 3.05) is 0 Å². The summed E-state index contributed by atoms with van der Waals surface area (Å²) in [6.07, 6.45) is 8.66. The number of hydrogen-bond acceptors (Lipinski definition) is 2. The van der Waals surface area contributed by atoms with Gasteiger partial charge in [0.25, 0.3) is 0 Å². The Labute approximate surface area is 103 Å². The van der Waals surface area contributed by atoms with Gasteiger partial charge in [-0.2, -0.15) is 0 Å². The van der Waals surface area contributed by atoms with E-state index in [2.05, 4.69) is 5.32 Å². The van der Waals surface area contributed by atoms with E-state index in [0.29, 0.717) is 5.91 Å². The molecule has 0 aromatic heterocycles. The molecule has 0 aliphatic heterocycles. The second-order valence-corrected chi connectivity index (χ2v) is 7.18. The molecule has 2 atom stereocenters. The molecule has 2 unspecified atom stereocenters. The molecule has 3 N–H and O–H groups in total. The lowest BCUT2D eigenvalue weighted by Crippen LogP contribution is -2.54. The highest BCUT2D eigenvalue weighted by Crippen LogP contribution is 2.60. The third-order valence-corrected chi connectivity index (χ3v) is 5.68. The van der Waals surface area contributed by atoms with E-state index in [1.165, 1.54) is 19.3 Å². The minimum absolute atomic E-state index is 0.0110. The molecule has 0 heterocycles. The van der Waals surface area contributed by atoms with Gasteiger partial charge in [-0.1, -0.05) is 0 Å². The third kappa shape index (κ3) is 1.55. The molecule has 5 aliphatic rings. The van der Waals surface area contributed by atoms with Gasteiger partial charge in [0.1, 0.15) is 0 Å². The Kier molecular flexibility index (Phi) is 1.98. The summed E-state index contributed by atoms with van der Waals surface area (Å²) >= 11 is 0. The zero-order chi connectivity index (χ0) is 11.6. The monoisotopic (exact) mass is 234 g/mol. The van der Waals surface area contributed by atoms with E-state index in [0.717, 1.165) is 43.4 Å². The van der Waals surface area contributed by atoms with Gasteiger partial charge in [-0.15, -0.1) is 0 Å². The predicted molar refractivity (Wildman–Crippen MR) is 65.1 cm³/mol. The van der Waals surface area contributed by atoms with Crippen LogP contribution >= 0.6 is 0 Å². The van der Waals surface area contributed by atoms with Crippen LogP contribution in [0.1, 0.15) is 44.9 Å². The second kappa shape index (κ2) is 3.25. The Bertz CT molecular complexity index is 330. The van der Waals surface area contributed by atoms with Crippen LogP contribution in [0, 0.1) is 23.2 Å². The molecular formula is C14H22N2O. The standard InChI is InChI=1S/C14H22N2O/c15-11-4-12(11)16-13(17)14-5-8-1-9(6-14)3-10(2-8)7-14/h8-12H,1-7,15H2,(H,16,17). The maximum Gasteiger partial charge on any atom is 0.226 e. The lowest BCUT2D eigenvalue weighted by molar-refractivity contribution is -0.146.